The average Bonchev–Trinajstić information content (AvgIpc) is 1.88. The Hall–Kier alpha value is -0.520. The maximum atomic E-state index is 9.08. The van der Waals surface area contributed by atoms with E-state index in [1.807, 2.05) is 36.4 Å². The Morgan fingerprint density at radius 3 is 1.08 bits per heavy atom. The molecule has 1 rings (SSSR count). The monoisotopic (exact) mass is 208 g/mol. The Balaban J connectivity index is 0. The van der Waals surface area contributed by atoms with Crippen molar-refractivity contribution in [1.82, 2.24) is 0 Å². The molecule has 0 bridgehead atoms. The molecule has 0 aliphatic heterocycles. The van der Waals surface area contributed by atoms with Gasteiger partial charge in [-0.15, -0.1) is 0 Å². The van der Waals surface area contributed by atoms with Crippen LogP contribution < -0.4 is 0 Å². The van der Waals surface area contributed by atoms with Crippen molar-refractivity contribution in [2.75, 3.05) is 6.26 Å². The predicted octanol–water partition coefficient (Wildman–Crippen LogP) is 0.0425. The summed E-state index contributed by atoms with van der Waals surface area (Å²) in [5.74, 6) is 0. The highest BCUT2D eigenvalue weighted by Crippen LogP contribution is 1.79. The summed E-state index contributed by atoms with van der Waals surface area (Å²) < 4.78 is 27.2. The molecule has 0 amide bonds. The zero-order valence-corrected chi connectivity index (χ0v) is 8.65. The molecule has 0 fully saturated rings. The van der Waals surface area contributed by atoms with Crippen LogP contribution in [0.4, 0.5) is 0 Å². The molecule has 0 heterocycles. The van der Waals surface area contributed by atoms with Gasteiger partial charge >= 0.3 is 0 Å². The van der Waals surface area contributed by atoms with Crippen molar-refractivity contribution in [2.45, 2.75) is 0 Å². The molecular weight excluding hydrogens is 196 g/mol. The van der Waals surface area contributed by atoms with Gasteiger partial charge in [-0.25, -0.2) is 8.42 Å². The fourth-order valence-electron chi connectivity index (χ4n) is 0.385. The summed E-state index contributed by atoms with van der Waals surface area (Å²) in [5, 5.41) is 0. The van der Waals surface area contributed by atoms with E-state index in [4.69, 9.17) is 13.0 Å². The third kappa shape index (κ3) is 22.7. The zero-order chi connectivity index (χ0) is 8.74. The molecule has 0 saturated carbocycles. The normalized spacial score (nSPS) is 8.83. The molecule has 0 saturated heterocycles. The minimum Gasteiger partial charge on any atom is -0.748 e. The first kappa shape index (κ1) is 14.0. The molecule has 1 aromatic rings. The molecule has 0 spiro atoms. The number of hydrogen-bond donors (Lipinski definition) is 0. The van der Waals surface area contributed by atoms with Crippen molar-refractivity contribution in [3.63, 3.8) is 0 Å². The largest absolute Gasteiger partial charge is 0.748 e. The quantitative estimate of drug-likeness (QED) is 0.447. The fourth-order valence-corrected chi connectivity index (χ4v) is 0.385. The number of hydrogen-bond acceptors (Lipinski definition) is 3. The average molecular weight is 208 g/mol. The third-order valence-electron chi connectivity index (χ3n) is 0.667. The zero-order valence-electron chi connectivity index (χ0n) is 6.67. The summed E-state index contributed by atoms with van der Waals surface area (Å²) in [6.07, 6.45) is 0.604. The van der Waals surface area contributed by atoms with Crippen LogP contribution >= 0.6 is 0 Å². The Morgan fingerprint density at radius 2 is 1.00 bits per heavy atom. The second kappa shape index (κ2) is 7.15. The van der Waals surface area contributed by atoms with Crippen molar-refractivity contribution < 1.29 is 13.0 Å². The van der Waals surface area contributed by atoms with Crippen molar-refractivity contribution >= 4 is 23.6 Å². The van der Waals surface area contributed by atoms with Crippen LogP contribution in [0, 0.1) is 0 Å². The Bertz CT molecular complexity index is 233. The van der Waals surface area contributed by atoms with Crippen LogP contribution in [0.5, 0.6) is 0 Å². The minimum absolute atomic E-state index is 0. The lowest BCUT2D eigenvalue weighted by Gasteiger charge is -1.90. The third-order valence-corrected chi connectivity index (χ3v) is 0.667. The van der Waals surface area contributed by atoms with Gasteiger partial charge in [0.15, 0.2) is 0 Å². The van der Waals surface area contributed by atoms with Gasteiger partial charge in [0, 0.05) is 6.26 Å². The van der Waals surface area contributed by atoms with E-state index in [0.29, 0.717) is 6.26 Å². The standard InChI is InChI=1S/C6H6.CH4O3S.H2S/c1-2-4-6-5-3-1;1-5(2,3)4;/h1-6H;1H3,(H,2,3,4);1H2. The lowest BCUT2D eigenvalue weighted by Crippen LogP contribution is -1.88. The summed E-state index contributed by atoms with van der Waals surface area (Å²) in [6.45, 7) is 0. The van der Waals surface area contributed by atoms with Crippen LogP contribution in [-0.4, -0.2) is 19.2 Å². The van der Waals surface area contributed by atoms with E-state index >= 15 is 0 Å². The fraction of sp³-hybridized carbons (Fsp3) is 0.143. The minimum atomic E-state index is -3.92. The second-order valence-corrected chi connectivity index (χ2v) is 3.27. The van der Waals surface area contributed by atoms with Crippen LogP contribution in [0.3, 0.4) is 0 Å². The SMILES string of the molecule is CS(=O)(=O)[O-].[SH3+].c1ccccc1. The summed E-state index contributed by atoms with van der Waals surface area (Å²) in [7, 11) is -3.92. The van der Waals surface area contributed by atoms with Gasteiger partial charge < -0.3 is 4.55 Å². The molecule has 70 valence electrons. The predicted molar refractivity (Wildman–Crippen MR) is 53.6 cm³/mol. The van der Waals surface area contributed by atoms with Crippen molar-refractivity contribution in [3.8, 4) is 0 Å². The molecule has 0 unspecified atom stereocenters. The van der Waals surface area contributed by atoms with Crippen LogP contribution in [0.25, 0.3) is 0 Å². The van der Waals surface area contributed by atoms with Crippen LogP contribution in [0.15, 0.2) is 36.4 Å². The molecule has 0 radical (unpaired) electrons. The molecule has 0 N–H and O–H groups in total. The highest BCUT2D eigenvalue weighted by atomic mass is 32.2. The maximum absolute atomic E-state index is 9.08. The van der Waals surface area contributed by atoms with Gasteiger partial charge in [-0.3, -0.25) is 0 Å². The van der Waals surface area contributed by atoms with Gasteiger partial charge in [0.25, 0.3) is 0 Å². The van der Waals surface area contributed by atoms with Crippen LogP contribution in [0.2, 0.25) is 0 Å². The van der Waals surface area contributed by atoms with E-state index in [2.05, 4.69) is 0 Å². The highest BCUT2D eigenvalue weighted by molar-refractivity contribution is 7.84. The molecule has 0 atom stereocenters. The van der Waals surface area contributed by atoms with E-state index in [9.17, 15) is 0 Å². The number of benzene rings is 1. The van der Waals surface area contributed by atoms with E-state index < -0.39 is 10.1 Å². The lowest BCUT2D eigenvalue weighted by atomic mass is 10.4. The first-order chi connectivity index (χ1) is 5.00. The lowest BCUT2D eigenvalue weighted by molar-refractivity contribution is 0.470. The summed E-state index contributed by atoms with van der Waals surface area (Å²) in [4.78, 5) is 0. The van der Waals surface area contributed by atoms with Gasteiger partial charge in [-0.05, 0) is 0 Å². The van der Waals surface area contributed by atoms with E-state index in [1.54, 1.807) is 0 Å². The Kier molecular flexibility index (Phi) is 8.36. The Labute approximate surface area is 79.6 Å². The first-order valence-corrected chi connectivity index (χ1v) is 4.72. The molecule has 0 aliphatic carbocycles. The van der Waals surface area contributed by atoms with Crippen molar-refractivity contribution in [2.24, 2.45) is 0 Å². The molecular formula is C7H12O3S2. The van der Waals surface area contributed by atoms with Gasteiger partial charge in [0.2, 0.25) is 0 Å². The van der Waals surface area contributed by atoms with E-state index in [-0.39, 0.29) is 13.5 Å². The van der Waals surface area contributed by atoms with Gasteiger partial charge in [-0.1, -0.05) is 49.9 Å². The molecule has 1 aromatic carbocycles. The van der Waals surface area contributed by atoms with Gasteiger partial charge in [0.1, 0.15) is 0 Å². The van der Waals surface area contributed by atoms with Crippen LogP contribution in [-0.2, 0) is 23.6 Å². The molecule has 5 heteroatoms. The van der Waals surface area contributed by atoms with Gasteiger partial charge in [-0.2, -0.15) is 0 Å². The van der Waals surface area contributed by atoms with E-state index in [0.717, 1.165) is 0 Å². The maximum Gasteiger partial charge on any atom is 0.0916 e. The summed E-state index contributed by atoms with van der Waals surface area (Å²) >= 11 is 0. The van der Waals surface area contributed by atoms with E-state index in [1.165, 1.54) is 0 Å². The summed E-state index contributed by atoms with van der Waals surface area (Å²) in [5.41, 5.74) is 0. The van der Waals surface area contributed by atoms with Gasteiger partial charge in [0.05, 0.1) is 10.1 Å². The molecule has 0 aromatic heterocycles. The van der Waals surface area contributed by atoms with Crippen LogP contribution in [0.1, 0.15) is 0 Å². The Morgan fingerprint density at radius 1 is 0.917 bits per heavy atom. The molecule has 12 heavy (non-hydrogen) atoms. The first-order valence-electron chi connectivity index (χ1n) is 2.91. The van der Waals surface area contributed by atoms with Crippen molar-refractivity contribution in [3.05, 3.63) is 36.4 Å². The number of rotatable bonds is 0. The van der Waals surface area contributed by atoms with Crippen molar-refractivity contribution in [1.29, 1.82) is 0 Å². The molecule has 0 aliphatic rings. The summed E-state index contributed by atoms with van der Waals surface area (Å²) in [6, 6.07) is 12.0. The smallest absolute Gasteiger partial charge is 0.0916 e. The molecule has 3 nitrogen and oxygen atoms in total. The highest BCUT2D eigenvalue weighted by Gasteiger charge is 1.65. The second-order valence-electron chi connectivity index (χ2n) is 1.86. The topological polar surface area (TPSA) is 57.2 Å².